The molecule has 3 aromatic rings. The summed E-state index contributed by atoms with van der Waals surface area (Å²) in [7, 11) is 1.52. The van der Waals surface area contributed by atoms with E-state index in [1.807, 2.05) is 20.8 Å². The van der Waals surface area contributed by atoms with Crippen molar-refractivity contribution >= 4 is 11.2 Å². The maximum Gasteiger partial charge on any atom is 0.416 e. The third-order valence-corrected chi connectivity index (χ3v) is 5.06. The first kappa shape index (κ1) is 21.9. The van der Waals surface area contributed by atoms with E-state index in [2.05, 4.69) is 4.98 Å². The highest BCUT2D eigenvalue weighted by atomic mass is 19.4. The maximum atomic E-state index is 13.2. The van der Waals surface area contributed by atoms with Crippen LogP contribution in [-0.4, -0.2) is 18.7 Å². The molecular weight excluding hydrogens is 397 g/mol. The summed E-state index contributed by atoms with van der Waals surface area (Å²) < 4.78 is 43.8. The van der Waals surface area contributed by atoms with Crippen LogP contribution in [0.1, 0.15) is 39.2 Å². The second-order valence-electron chi connectivity index (χ2n) is 7.82. The number of fused-ring (bicyclic) bond motifs is 1. The number of rotatable bonds is 6. The van der Waals surface area contributed by atoms with Gasteiger partial charge in [0.1, 0.15) is 5.82 Å². The summed E-state index contributed by atoms with van der Waals surface area (Å²) in [4.78, 5) is 30.2. The molecule has 2 heterocycles. The molecule has 0 fully saturated rings. The zero-order chi connectivity index (χ0) is 22.2. The summed E-state index contributed by atoms with van der Waals surface area (Å²) in [5, 5.41) is 0. The van der Waals surface area contributed by atoms with E-state index < -0.39 is 23.0 Å². The number of imidazole rings is 1. The molecule has 0 aliphatic rings. The van der Waals surface area contributed by atoms with Crippen LogP contribution in [0, 0.1) is 5.92 Å². The van der Waals surface area contributed by atoms with Gasteiger partial charge in [0, 0.05) is 25.7 Å². The molecule has 0 aliphatic carbocycles. The van der Waals surface area contributed by atoms with Crippen LogP contribution >= 0.6 is 0 Å². The first-order chi connectivity index (χ1) is 14.1. The third-order valence-electron chi connectivity index (χ3n) is 5.06. The smallest absolute Gasteiger partial charge is 0.318 e. The lowest BCUT2D eigenvalue weighted by atomic mass is 10.1. The normalized spacial score (nSPS) is 12.3. The second kappa shape index (κ2) is 8.12. The van der Waals surface area contributed by atoms with E-state index in [0.717, 1.165) is 16.7 Å². The predicted octanol–water partition coefficient (Wildman–Crippen LogP) is 4.04. The third kappa shape index (κ3) is 3.93. The average Bonchev–Trinajstić information content (AvgIpc) is 3.07. The van der Waals surface area contributed by atoms with Crippen molar-refractivity contribution in [1.29, 1.82) is 0 Å². The van der Waals surface area contributed by atoms with Gasteiger partial charge in [0.2, 0.25) is 0 Å². The second-order valence-corrected chi connectivity index (χ2v) is 7.82. The lowest BCUT2D eigenvalue weighted by Crippen LogP contribution is -2.39. The minimum atomic E-state index is -4.49. The van der Waals surface area contributed by atoms with Gasteiger partial charge >= 0.3 is 11.9 Å². The quantitative estimate of drug-likeness (QED) is 0.602. The van der Waals surface area contributed by atoms with E-state index in [4.69, 9.17) is 0 Å². The number of hydrogen-bond donors (Lipinski definition) is 0. The number of aromatic nitrogens is 4. The molecule has 30 heavy (non-hydrogen) atoms. The standard InChI is InChI=1S/C21H25F3N4O2/c1-5-10-28-19(29)16-18(26(4)20(28)30)25-17(27(16)11-9-13(2)3)14-7-6-8-15(12-14)21(22,23)24/h6-8,12-13H,5,9-11H2,1-4H3. The molecule has 162 valence electrons. The number of alkyl halides is 3. The summed E-state index contributed by atoms with van der Waals surface area (Å²) >= 11 is 0. The van der Waals surface area contributed by atoms with Gasteiger partial charge in [-0.2, -0.15) is 13.2 Å². The SMILES string of the molecule is CCCn1c(=O)c2c(nc(-c3cccc(C(F)(F)F)c3)n2CCC(C)C)n(C)c1=O. The summed E-state index contributed by atoms with van der Waals surface area (Å²) in [6.45, 7) is 6.57. The van der Waals surface area contributed by atoms with Crippen molar-refractivity contribution in [2.24, 2.45) is 13.0 Å². The molecule has 0 N–H and O–H groups in total. The first-order valence-corrected chi connectivity index (χ1v) is 9.94. The molecule has 9 heteroatoms. The van der Waals surface area contributed by atoms with Gasteiger partial charge in [-0.05, 0) is 30.9 Å². The highest BCUT2D eigenvalue weighted by Gasteiger charge is 2.31. The lowest BCUT2D eigenvalue weighted by molar-refractivity contribution is -0.137. The highest BCUT2D eigenvalue weighted by Crippen LogP contribution is 2.32. The van der Waals surface area contributed by atoms with E-state index in [0.29, 0.717) is 25.3 Å². The number of halogens is 3. The maximum absolute atomic E-state index is 13.2. The Hall–Kier alpha value is -2.84. The molecule has 6 nitrogen and oxygen atoms in total. The minimum absolute atomic E-state index is 0.175. The Kier molecular flexibility index (Phi) is 5.92. The fraction of sp³-hybridized carbons (Fsp3) is 0.476. The Morgan fingerprint density at radius 3 is 2.40 bits per heavy atom. The number of hydrogen-bond acceptors (Lipinski definition) is 3. The molecule has 0 aliphatic heterocycles. The van der Waals surface area contributed by atoms with Crippen LogP contribution in [0.15, 0.2) is 33.9 Å². The van der Waals surface area contributed by atoms with Crippen LogP contribution < -0.4 is 11.2 Å². The molecule has 0 saturated carbocycles. The molecule has 0 spiro atoms. The number of aryl methyl sites for hydroxylation is 2. The Labute approximate surface area is 171 Å². The number of benzene rings is 1. The largest absolute Gasteiger partial charge is 0.416 e. The van der Waals surface area contributed by atoms with E-state index >= 15 is 0 Å². The molecule has 0 atom stereocenters. The van der Waals surface area contributed by atoms with Gasteiger partial charge in [0.25, 0.3) is 5.56 Å². The molecule has 0 bridgehead atoms. The Morgan fingerprint density at radius 2 is 1.80 bits per heavy atom. The van der Waals surface area contributed by atoms with Gasteiger partial charge in [0.15, 0.2) is 11.2 Å². The summed E-state index contributed by atoms with van der Waals surface area (Å²) in [5.41, 5.74) is -1.09. The van der Waals surface area contributed by atoms with E-state index in [1.54, 1.807) is 4.57 Å². The zero-order valence-corrected chi connectivity index (χ0v) is 17.5. The molecule has 1 aromatic carbocycles. The summed E-state index contributed by atoms with van der Waals surface area (Å²) in [5.74, 6) is 0.556. The lowest BCUT2D eigenvalue weighted by Gasteiger charge is -2.13. The highest BCUT2D eigenvalue weighted by molar-refractivity contribution is 5.77. The van der Waals surface area contributed by atoms with Gasteiger partial charge in [-0.15, -0.1) is 0 Å². The zero-order valence-electron chi connectivity index (χ0n) is 17.5. The van der Waals surface area contributed by atoms with Crippen LogP contribution in [0.25, 0.3) is 22.6 Å². The molecule has 0 saturated heterocycles. The van der Waals surface area contributed by atoms with Crippen LogP contribution in [-0.2, 0) is 26.3 Å². The van der Waals surface area contributed by atoms with Crippen molar-refractivity contribution in [2.45, 2.75) is 52.9 Å². The Morgan fingerprint density at radius 1 is 1.10 bits per heavy atom. The first-order valence-electron chi connectivity index (χ1n) is 9.94. The van der Waals surface area contributed by atoms with Gasteiger partial charge < -0.3 is 4.57 Å². The molecule has 3 rings (SSSR count). The fourth-order valence-corrected chi connectivity index (χ4v) is 3.45. The molecule has 0 amide bonds. The van der Waals surface area contributed by atoms with Gasteiger partial charge in [-0.3, -0.25) is 13.9 Å². The summed E-state index contributed by atoms with van der Waals surface area (Å²) in [6.07, 6.45) is -3.19. The van der Waals surface area contributed by atoms with Crippen LogP contribution in [0.5, 0.6) is 0 Å². The van der Waals surface area contributed by atoms with Crippen molar-refractivity contribution in [3.63, 3.8) is 0 Å². The van der Waals surface area contributed by atoms with E-state index in [1.165, 1.54) is 23.7 Å². The van der Waals surface area contributed by atoms with Crippen molar-refractivity contribution in [3.8, 4) is 11.4 Å². The minimum Gasteiger partial charge on any atom is -0.318 e. The van der Waals surface area contributed by atoms with Gasteiger partial charge in [0.05, 0.1) is 5.56 Å². The molecule has 2 aromatic heterocycles. The van der Waals surface area contributed by atoms with Crippen LogP contribution in [0.4, 0.5) is 13.2 Å². The summed E-state index contributed by atoms with van der Waals surface area (Å²) in [6, 6.07) is 4.87. The molecular formula is C21H25F3N4O2. The average molecular weight is 422 g/mol. The molecule has 0 radical (unpaired) electrons. The van der Waals surface area contributed by atoms with Crippen LogP contribution in [0.2, 0.25) is 0 Å². The topological polar surface area (TPSA) is 61.8 Å². The fourth-order valence-electron chi connectivity index (χ4n) is 3.45. The Bertz CT molecular complexity index is 1190. The van der Waals surface area contributed by atoms with Crippen molar-refractivity contribution in [2.75, 3.05) is 0 Å². The van der Waals surface area contributed by atoms with Crippen molar-refractivity contribution in [1.82, 2.24) is 18.7 Å². The van der Waals surface area contributed by atoms with E-state index in [-0.39, 0.29) is 29.1 Å². The number of nitrogens with zero attached hydrogens (tertiary/aromatic N) is 4. The van der Waals surface area contributed by atoms with Crippen molar-refractivity contribution < 1.29 is 13.2 Å². The van der Waals surface area contributed by atoms with Crippen LogP contribution in [0.3, 0.4) is 0 Å². The molecule has 0 unspecified atom stereocenters. The van der Waals surface area contributed by atoms with Gasteiger partial charge in [-0.25, -0.2) is 9.78 Å². The monoisotopic (exact) mass is 422 g/mol. The van der Waals surface area contributed by atoms with E-state index in [9.17, 15) is 22.8 Å². The van der Waals surface area contributed by atoms with Crippen molar-refractivity contribution in [3.05, 3.63) is 50.7 Å². The predicted molar refractivity (Wildman–Crippen MR) is 109 cm³/mol. The van der Waals surface area contributed by atoms with Gasteiger partial charge in [-0.1, -0.05) is 32.9 Å². The Balaban J connectivity index is 2.36.